The zero-order valence-electron chi connectivity index (χ0n) is 8.96. The van der Waals surface area contributed by atoms with Crippen LogP contribution in [0.1, 0.15) is 38.5 Å². The largest absolute Gasteiger partial charge is 0.359 e. The lowest BCUT2D eigenvalue weighted by atomic mass is 9.85. The molecule has 14 heavy (non-hydrogen) atoms. The molecule has 1 aliphatic rings. The van der Waals surface area contributed by atoms with Gasteiger partial charge in [-0.2, -0.15) is 0 Å². The van der Waals surface area contributed by atoms with E-state index in [1.807, 2.05) is 0 Å². The lowest BCUT2D eigenvalue weighted by Gasteiger charge is -2.19. The Balaban J connectivity index is 2.02. The van der Waals surface area contributed by atoms with Crippen molar-refractivity contribution in [3.63, 3.8) is 0 Å². The van der Waals surface area contributed by atoms with Crippen LogP contribution in [-0.4, -0.2) is 26.3 Å². The molecule has 0 heterocycles. The molecule has 0 aromatic rings. The minimum absolute atomic E-state index is 0.315. The lowest BCUT2D eigenvalue weighted by Crippen LogP contribution is -2.19. The molecule has 0 aliphatic heterocycles. The zero-order chi connectivity index (χ0) is 10.2. The van der Waals surface area contributed by atoms with Gasteiger partial charge in [0, 0.05) is 26.1 Å². The Hall–Kier alpha value is -0.410. The maximum Gasteiger partial charge on any atom is 0.146 e. The first-order valence-electron chi connectivity index (χ1n) is 5.44. The predicted molar refractivity (Wildman–Crippen MR) is 54.0 cm³/mol. The van der Waals surface area contributed by atoms with E-state index in [4.69, 9.17) is 9.47 Å². The Labute approximate surface area is 85.8 Å². The highest BCUT2D eigenvalue weighted by atomic mass is 16.7. The van der Waals surface area contributed by atoms with Crippen LogP contribution in [0.4, 0.5) is 0 Å². The number of Topliss-reactive ketones (excluding diaryl/α,β-unsaturated/α-hetero) is 1. The molecular weight excluding hydrogens is 180 g/mol. The fourth-order valence-corrected chi connectivity index (χ4v) is 1.93. The van der Waals surface area contributed by atoms with E-state index in [2.05, 4.69) is 0 Å². The van der Waals surface area contributed by atoms with Gasteiger partial charge in [-0.05, 0) is 25.7 Å². The highest BCUT2D eigenvalue weighted by Gasteiger charge is 2.21. The molecule has 1 aliphatic carbocycles. The minimum atomic E-state index is 0.315. The smallest absolute Gasteiger partial charge is 0.146 e. The van der Waals surface area contributed by atoms with Gasteiger partial charge in [0.2, 0.25) is 0 Å². The van der Waals surface area contributed by atoms with Gasteiger partial charge in [0.05, 0.1) is 0 Å². The van der Waals surface area contributed by atoms with E-state index in [0.717, 1.165) is 32.1 Å². The number of methoxy groups -OCH3 is 1. The van der Waals surface area contributed by atoms with Crippen LogP contribution in [0.15, 0.2) is 0 Å². The van der Waals surface area contributed by atoms with Gasteiger partial charge in [-0.1, -0.05) is 6.42 Å². The summed E-state index contributed by atoms with van der Waals surface area (Å²) in [6, 6.07) is 0. The first kappa shape index (κ1) is 11.7. The van der Waals surface area contributed by atoms with Gasteiger partial charge < -0.3 is 9.47 Å². The van der Waals surface area contributed by atoms with E-state index in [-0.39, 0.29) is 0 Å². The molecule has 82 valence electrons. The van der Waals surface area contributed by atoms with E-state index in [0.29, 0.717) is 25.1 Å². The highest BCUT2D eigenvalue weighted by Crippen LogP contribution is 2.24. The second-order valence-electron chi connectivity index (χ2n) is 3.87. The van der Waals surface area contributed by atoms with Crippen LogP contribution in [0.2, 0.25) is 0 Å². The van der Waals surface area contributed by atoms with Gasteiger partial charge in [0.15, 0.2) is 0 Å². The van der Waals surface area contributed by atoms with Crippen LogP contribution in [0.3, 0.4) is 0 Å². The maximum absolute atomic E-state index is 11.4. The van der Waals surface area contributed by atoms with Crippen molar-refractivity contribution in [2.75, 3.05) is 20.5 Å². The standard InChI is InChI=1S/C11H20O3/c1-13-9-14-8-4-6-10-5-2-3-7-11(10)12/h10H,2-9H2,1H3. The number of ether oxygens (including phenoxy) is 2. The van der Waals surface area contributed by atoms with Crippen molar-refractivity contribution in [3.8, 4) is 0 Å². The van der Waals surface area contributed by atoms with E-state index in [9.17, 15) is 4.79 Å². The second-order valence-corrected chi connectivity index (χ2v) is 3.87. The molecule has 0 radical (unpaired) electrons. The summed E-state index contributed by atoms with van der Waals surface area (Å²) in [4.78, 5) is 11.4. The van der Waals surface area contributed by atoms with Crippen LogP contribution in [0.5, 0.6) is 0 Å². The third-order valence-electron chi connectivity index (χ3n) is 2.72. The second kappa shape index (κ2) is 6.96. The van der Waals surface area contributed by atoms with E-state index in [1.165, 1.54) is 6.42 Å². The van der Waals surface area contributed by atoms with Crippen LogP contribution in [-0.2, 0) is 14.3 Å². The molecule has 1 unspecified atom stereocenters. The monoisotopic (exact) mass is 200 g/mol. The summed E-state index contributed by atoms with van der Waals surface area (Å²) in [6.45, 7) is 1.07. The molecule has 1 fully saturated rings. The Bertz CT molecular complexity index is 168. The Morgan fingerprint density at radius 3 is 3.00 bits per heavy atom. The molecule has 3 heteroatoms. The molecule has 0 saturated heterocycles. The summed E-state index contributed by atoms with van der Waals surface area (Å²) in [5, 5.41) is 0. The summed E-state index contributed by atoms with van der Waals surface area (Å²) in [7, 11) is 1.62. The zero-order valence-corrected chi connectivity index (χ0v) is 8.96. The van der Waals surface area contributed by atoms with Gasteiger partial charge in [0.25, 0.3) is 0 Å². The van der Waals surface area contributed by atoms with Crippen molar-refractivity contribution in [1.82, 2.24) is 0 Å². The summed E-state index contributed by atoms with van der Waals surface area (Å²) in [6.07, 6.45) is 6.15. The molecule has 0 bridgehead atoms. The molecule has 1 rings (SSSR count). The summed E-state index contributed by atoms with van der Waals surface area (Å²) >= 11 is 0. The van der Waals surface area contributed by atoms with E-state index < -0.39 is 0 Å². The lowest BCUT2D eigenvalue weighted by molar-refractivity contribution is -0.124. The van der Waals surface area contributed by atoms with Crippen LogP contribution in [0, 0.1) is 5.92 Å². The van der Waals surface area contributed by atoms with E-state index >= 15 is 0 Å². The number of rotatable bonds is 6. The highest BCUT2D eigenvalue weighted by molar-refractivity contribution is 5.81. The maximum atomic E-state index is 11.4. The predicted octanol–water partition coefficient (Wildman–Crippen LogP) is 2.15. The van der Waals surface area contributed by atoms with Crippen molar-refractivity contribution in [2.45, 2.75) is 38.5 Å². The molecule has 0 spiro atoms. The van der Waals surface area contributed by atoms with Crippen molar-refractivity contribution >= 4 is 5.78 Å². The first-order valence-corrected chi connectivity index (χ1v) is 5.44. The Kier molecular flexibility index (Phi) is 5.80. The third-order valence-corrected chi connectivity index (χ3v) is 2.72. The number of ketones is 1. The fraction of sp³-hybridized carbons (Fsp3) is 0.909. The molecule has 0 aromatic heterocycles. The number of hydrogen-bond acceptors (Lipinski definition) is 3. The van der Waals surface area contributed by atoms with Crippen LogP contribution < -0.4 is 0 Å². The normalized spacial score (nSPS) is 22.6. The number of carbonyl (C=O) groups is 1. The molecular formula is C11H20O3. The molecule has 1 atom stereocenters. The summed E-state index contributed by atoms with van der Waals surface area (Å²) < 4.78 is 9.94. The van der Waals surface area contributed by atoms with Crippen molar-refractivity contribution < 1.29 is 14.3 Å². The number of hydrogen-bond donors (Lipinski definition) is 0. The average Bonchev–Trinajstić information content (AvgIpc) is 2.20. The van der Waals surface area contributed by atoms with Gasteiger partial charge in [-0.25, -0.2) is 0 Å². The van der Waals surface area contributed by atoms with Gasteiger partial charge in [-0.15, -0.1) is 0 Å². The fourth-order valence-electron chi connectivity index (χ4n) is 1.93. The Morgan fingerprint density at radius 1 is 1.43 bits per heavy atom. The molecule has 0 aromatic carbocycles. The van der Waals surface area contributed by atoms with Crippen molar-refractivity contribution in [1.29, 1.82) is 0 Å². The SMILES string of the molecule is COCOCCCC1CCCCC1=O. The van der Waals surface area contributed by atoms with Gasteiger partial charge >= 0.3 is 0 Å². The van der Waals surface area contributed by atoms with Crippen LogP contribution in [0.25, 0.3) is 0 Å². The van der Waals surface area contributed by atoms with Crippen molar-refractivity contribution in [2.24, 2.45) is 5.92 Å². The molecule has 0 amide bonds. The minimum Gasteiger partial charge on any atom is -0.359 e. The molecule has 1 saturated carbocycles. The average molecular weight is 200 g/mol. The first-order chi connectivity index (χ1) is 6.84. The molecule has 0 N–H and O–H groups in total. The van der Waals surface area contributed by atoms with Crippen molar-refractivity contribution in [3.05, 3.63) is 0 Å². The topological polar surface area (TPSA) is 35.5 Å². The quantitative estimate of drug-likeness (QED) is 0.487. The molecule has 3 nitrogen and oxygen atoms in total. The summed E-state index contributed by atoms with van der Waals surface area (Å²) in [5.41, 5.74) is 0. The Morgan fingerprint density at radius 2 is 2.29 bits per heavy atom. The third kappa shape index (κ3) is 4.20. The van der Waals surface area contributed by atoms with Gasteiger partial charge in [0.1, 0.15) is 12.6 Å². The van der Waals surface area contributed by atoms with Crippen LogP contribution >= 0.6 is 0 Å². The van der Waals surface area contributed by atoms with Gasteiger partial charge in [-0.3, -0.25) is 4.79 Å². The number of carbonyl (C=O) groups excluding carboxylic acids is 1. The summed E-state index contributed by atoms with van der Waals surface area (Å²) in [5.74, 6) is 0.776. The van der Waals surface area contributed by atoms with E-state index in [1.54, 1.807) is 7.11 Å².